The highest BCUT2D eigenvalue weighted by Crippen LogP contribution is 2.06. The van der Waals surface area contributed by atoms with Crippen LogP contribution in [0.15, 0.2) is 31.1 Å². The average molecular weight is 149 g/mol. The minimum absolute atomic E-state index is 0.117. The van der Waals surface area contributed by atoms with Gasteiger partial charge in [0.15, 0.2) is 0 Å². The Kier molecular flexibility index (Phi) is 2.74. The van der Waals surface area contributed by atoms with Gasteiger partial charge in [0.25, 0.3) is 0 Å². The largest absolute Gasteiger partial charge is 0.321 e. The number of nitrogens with zero attached hydrogens (tertiary/aromatic N) is 2. The summed E-state index contributed by atoms with van der Waals surface area (Å²) in [4.78, 5) is 8.03. The molecule has 0 aliphatic heterocycles. The van der Waals surface area contributed by atoms with Crippen LogP contribution in [-0.4, -0.2) is 9.97 Å². The van der Waals surface area contributed by atoms with Gasteiger partial charge in [-0.1, -0.05) is 6.08 Å². The summed E-state index contributed by atoms with van der Waals surface area (Å²) in [6, 6.07) is 1.65. The number of rotatable bonds is 3. The Hall–Kier alpha value is -1.22. The molecule has 0 aliphatic carbocycles. The van der Waals surface area contributed by atoms with Crippen LogP contribution in [0.5, 0.6) is 0 Å². The molecule has 3 heteroatoms. The molecule has 1 atom stereocenters. The van der Waals surface area contributed by atoms with Gasteiger partial charge in [0.2, 0.25) is 0 Å². The smallest absolute Gasteiger partial charge is 0.145 e. The van der Waals surface area contributed by atoms with E-state index in [0.717, 1.165) is 0 Å². The number of hydrogen-bond donors (Lipinski definition) is 1. The number of nitrogens with two attached hydrogens (primary N) is 1. The van der Waals surface area contributed by atoms with Gasteiger partial charge in [0.1, 0.15) is 5.82 Å². The van der Waals surface area contributed by atoms with Crippen molar-refractivity contribution in [1.29, 1.82) is 0 Å². The molecule has 0 fully saturated rings. The fraction of sp³-hybridized carbons (Fsp3) is 0.250. The first-order chi connectivity index (χ1) is 5.34. The molecule has 1 rings (SSSR count). The molecule has 0 aliphatic rings. The molecular weight excluding hydrogens is 138 g/mol. The summed E-state index contributed by atoms with van der Waals surface area (Å²) in [5.41, 5.74) is 5.71. The van der Waals surface area contributed by atoms with Crippen molar-refractivity contribution in [2.24, 2.45) is 5.73 Å². The van der Waals surface area contributed by atoms with Gasteiger partial charge >= 0.3 is 0 Å². The lowest BCUT2D eigenvalue weighted by molar-refractivity contribution is 0.681. The van der Waals surface area contributed by atoms with Gasteiger partial charge in [-0.3, -0.25) is 0 Å². The maximum absolute atomic E-state index is 5.71. The molecular formula is C8H11N3. The Bertz CT molecular complexity index is 220. The van der Waals surface area contributed by atoms with Crippen LogP contribution in [0.3, 0.4) is 0 Å². The third-order valence-electron chi connectivity index (χ3n) is 1.34. The van der Waals surface area contributed by atoms with Gasteiger partial charge in [-0.2, -0.15) is 0 Å². The molecule has 0 bridgehead atoms. The van der Waals surface area contributed by atoms with Crippen LogP contribution in [0.25, 0.3) is 0 Å². The summed E-state index contributed by atoms with van der Waals surface area (Å²) < 4.78 is 0. The Labute approximate surface area is 66.0 Å². The standard InChI is InChI=1S/C8H11N3/c1-2-4-7(9)8-10-5-3-6-11-8/h2-3,5-7H,1,4,9H2. The summed E-state index contributed by atoms with van der Waals surface area (Å²) in [5.74, 6) is 0.674. The molecule has 3 nitrogen and oxygen atoms in total. The summed E-state index contributed by atoms with van der Waals surface area (Å²) in [7, 11) is 0. The molecule has 1 heterocycles. The van der Waals surface area contributed by atoms with Crippen LogP contribution in [-0.2, 0) is 0 Å². The van der Waals surface area contributed by atoms with Crippen molar-refractivity contribution >= 4 is 0 Å². The predicted molar refractivity (Wildman–Crippen MR) is 43.8 cm³/mol. The molecule has 0 saturated carbocycles. The molecule has 11 heavy (non-hydrogen) atoms. The van der Waals surface area contributed by atoms with Gasteiger partial charge < -0.3 is 5.73 Å². The summed E-state index contributed by atoms with van der Waals surface area (Å²) >= 11 is 0. The topological polar surface area (TPSA) is 51.8 Å². The lowest BCUT2D eigenvalue weighted by Gasteiger charge is -2.04. The first kappa shape index (κ1) is 7.88. The second-order valence-electron chi connectivity index (χ2n) is 2.24. The zero-order valence-electron chi connectivity index (χ0n) is 6.27. The van der Waals surface area contributed by atoms with Gasteiger partial charge in [-0.05, 0) is 12.5 Å². The van der Waals surface area contributed by atoms with Crippen LogP contribution < -0.4 is 5.73 Å². The van der Waals surface area contributed by atoms with Crippen LogP contribution in [0.1, 0.15) is 18.3 Å². The maximum Gasteiger partial charge on any atom is 0.145 e. The van der Waals surface area contributed by atoms with E-state index in [1.807, 2.05) is 0 Å². The second kappa shape index (κ2) is 3.83. The Morgan fingerprint density at radius 1 is 1.55 bits per heavy atom. The lowest BCUT2D eigenvalue weighted by atomic mass is 10.2. The SMILES string of the molecule is C=CCC(N)c1ncccn1. The fourth-order valence-corrected chi connectivity index (χ4v) is 0.787. The maximum atomic E-state index is 5.71. The van der Waals surface area contributed by atoms with E-state index in [1.165, 1.54) is 0 Å². The van der Waals surface area contributed by atoms with E-state index in [9.17, 15) is 0 Å². The average Bonchev–Trinajstić information content (AvgIpc) is 2.07. The molecule has 58 valence electrons. The Morgan fingerprint density at radius 3 is 2.73 bits per heavy atom. The minimum atomic E-state index is -0.117. The molecule has 0 spiro atoms. The molecule has 1 unspecified atom stereocenters. The van der Waals surface area contributed by atoms with E-state index < -0.39 is 0 Å². The third-order valence-corrected chi connectivity index (χ3v) is 1.34. The van der Waals surface area contributed by atoms with E-state index >= 15 is 0 Å². The van der Waals surface area contributed by atoms with Crippen molar-refractivity contribution in [3.63, 3.8) is 0 Å². The molecule has 1 aromatic heterocycles. The van der Waals surface area contributed by atoms with E-state index in [1.54, 1.807) is 24.5 Å². The fourth-order valence-electron chi connectivity index (χ4n) is 0.787. The van der Waals surface area contributed by atoms with Crippen LogP contribution in [0, 0.1) is 0 Å². The van der Waals surface area contributed by atoms with Crippen molar-refractivity contribution in [1.82, 2.24) is 9.97 Å². The molecule has 0 aromatic carbocycles. The van der Waals surface area contributed by atoms with Crippen molar-refractivity contribution in [2.45, 2.75) is 12.5 Å². The quantitative estimate of drug-likeness (QED) is 0.653. The summed E-state index contributed by atoms with van der Waals surface area (Å²) in [6.07, 6.45) is 5.85. The van der Waals surface area contributed by atoms with Gasteiger partial charge in [0.05, 0.1) is 6.04 Å². The van der Waals surface area contributed by atoms with Crippen molar-refractivity contribution in [3.05, 3.63) is 36.9 Å². The molecule has 0 radical (unpaired) electrons. The highest BCUT2D eigenvalue weighted by atomic mass is 14.9. The Balaban J connectivity index is 2.68. The third kappa shape index (κ3) is 2.13. The van der Waals surface area contributed by atoms with Gasteiger partial charge in [0, 0.05) is 12.4 Å². The highest BCUT2D eigenvalue weighted by Gasteiger charge is 2.04. The van der Waals surface area contributed by atoms with E-state index in [2.05, 4.69) is 16.5 Å². The lowest BCUT2D eigenvalue weighted by Crippen LogP contribution is -2.12. The van der Waals surface area contributed by atoms with Crippen LogP contribution >= 0.6 is 0 Å². The van der Waals surface area contributed by atoms with Gasteiger partial charge in [-0.15, -0.1) is 6.58 Å². The van der Waals surface area contributed by atoms with Crippen LogP contribution in [0.2, 0.25) is 0 Å². The minimum Gasteiger partial charge on any atom is -0.321 e. The van der Waals surface area contributed by atoms with Crippen molar-refractivity contribution < 1.29 is 0 Å². The number of aromatic nitrogens is 2. The van der Waals surface area contributed by atoms with Crippen molar-refractivity contribution in [3.8, 4) is 0 Å². The Morgan fingerprint density at radius 2 is 2.18 bits per heavy atom. The van der Waals surface area contributed by atoms with Gasteiger partial charge in [-0.25, -0.2) is 9.97 Å². The zero-order valence-corrected chi connectivity index (χ0v) is 6.27. The van der Waals surface area contributed by atoms with Crippen molar-refractivity contribution in [2.75, 3.05) is 0 Å². The first-order valence-electron chi connectivity index (χ1n) is 3.48. The van der Waals surface area contributed by atoms with E-state index in [-0.39, 0.29) is 6.04 Å². The highest BCUT2D eigenvalue weighted by molar-refractivity contribution is 4.96. The summed E-state index contributed by atoms with van der Waals surface area (Å²) in [5, 5.41) is 0. The summed E-state index contributed by atoms with van der Waals surface area (Å²) in [6.45, 7) is 3.59. The van der Waals surface area contributed by atoms with Crippen LogP contribution in [0.4, 0.5) is 0 Å². The van der Waals surface area contributed by atoms with E-state index in [0.29, 0.717) is 12.2 Å². The monoisotopic (exact) mass is 149 g/mol. The van der Waals surface area contributed by atoms with E-state index in [4.69, 9.17) is 5.73 Å². The second-order valence-corrected chi connectivity index (χ2v) is 2.24. The predicted octanol–water partition coefficient (Wildman–Crippen LogP) is 1.05. The number of hydrogen-bond acceptors (Lipinski definition) is 3. The first-order valence-corrected chi connectivity index (χ1v) is 3.48. The molecule has 0 amide bonds. The molecule has 2 N–H and O–H groups in total. The molecule has 1 aromatic rings. The molecule has 0 saturated heterocycles. The normalized spacial score (nSPS) is 12.5. The zero-order chi connectivity index (χ0) is 8.10.